The van der Waals surface area contributed by atoms with Crippen molar-refractivity contribution in [3.63, 3.8) is 0 Å². The summed E-state index contributed by atoms with van der Waals surface area (Å²) >= 11 is 0. The molecule has 0 unspecified atom stereocenters. The van der Waals surface area contributed by atoms with Gasteiger partial charge < -0.3 is 15.3 Å². The summed E-state index contributed by atoms with van der Waals surface area (Å²) in [6.45, 7) is 1.14. The molecule has 11 heteroatoms. The molecule has 3 aromatic rings. The number of rotatable bonds is 8. The second-order valence-corrected chi connectivity index (χ2v) is 9.16. The number of halogens is 5. The normalized spacial score (nSPS) is 14.6. The first-order valence-electron chi connectivity index (χ1n) is 12.1. The van der Waals surface area contributed by atoms with Crippen molar-refractivity contribution in [2.75, 3.05) is 18.6 Å². The lowest BCUT2D eigenvalue weighted by Gasteiger charge is -2.40. The van der Waals surface area contributed by atoms with Crippen LogP contribution in [0.25, 0.3) is 0 Å². The van der Waals surface area contributed by atoms with Gasteiger partial charge in [-0.05, 0) is 49.1 Å². The van der Waals surface area contributed by atoms with Gasteiger partial charge in [-0.15, -0.1) is 12.4 Å². The number of carbonyl (C=O) groups is 2. The smallest absolute Gasteiger partial charge is 0.325 e. The first-order chi connectivity index (χ1) is 18.1. The molecule has 1 aliphatic rings. The Morgan fingerprint density at radius 1 is 1.00 bits per heavy atom. The van der Waals surface area contributed by atoms with Crippen LogP contribution in [0.1, 0.15) is 52.0 Å². The van der Waals surface area contributed by atoms with Crippen molar-refractivity contribution in [2.45, 2.75) is 38.9 Å². The first kappa shape index (κ1) is 29.9. The number of anilines is 1. The lowest BCUT2D eigenvalue weighted by molar-refractivity contribution is 0.0950. The number of aryl methyl sites for hydroxylation is 1. The zero-order chi connectivity index (χ0) is 27.6. The number of hydrogen-bond donors (Lipinski definition) is 2. The summed E-state index contributed by atoms with van der Waals surface area (Å²) in [6, 6.07) is 9.64. The van der Waals surface area contributed by atoms with Crippen LogP contribution in [0.5, 0.6) is 0 Å². The van der Waals surface area contributed by atoms with E-state index >= 15 is 0 Å². The van der Waals surface area contributed by atoms with Crippen molar-refractivity contribution in [3.05, 3.63) is 99.6 Å². The fraction of sp³-hybridized carbons (Fsp3) is 0.286. The quantitative estimate of drug-likeness (QED) is 0.347. The van der Waals surface area contributed by atoms with Gasteiger partial charge in [-0.3, -0.25) is 9.69 Å². The van der Waals surface area contributed by atoms with Gasteiger partial charge in [-0.2, -0.15) is 0 Å². The number of aliphatic hydroxyl groups is 1. The maximum absolute atomic E-state index is 14.9. The fourth-order valence-corrected chi connectivity index (χ4v) is 4.55. The Morgan fingerprint density at radius 2 is 1.69 bits per heavy atom. The summed E-state index contributed by atoms with van der Waals surface area (Å²) in [5, 5.41) is 11.6. The molecule has 1 atom stereocenters. The minimum Gasteiger partial charge on any atom is -0.396 e. The molecule has 4 rings (SSSR count). The Hall–Kier alpha value is -3.63. The monoisotopic (exact) mass is 565 g/mol. The van der Waals surface area contributed by atoms with Crippen LogP contribution >= 0.6 is 12.4 Å². The minimum atomic E-state index is -1.12. The van der Waals surface area contributed by atoms with Gasteiger partial charge in [0.2, 0.25) is 0 Å². The van der Waals surface area contributed by atoms with Gasteiger partial charge in [0, 0.05) is 49.0 Å². The molecule has 0 fully saturated rings. The number of aliphatic hydroxyl groups excluding tert-OH is 1. The maximum atomic E-state index is 14.9. The van der Waals surface area contributed by atoms with Crippen molar-refractivity contribution in [1.29, 1.82) is 0 Å². The molecule has 39 heavy (non-hydrogen) atoms. The fourth-order valence-electron chi connectivity index (χ4n) is 4.55. The zero-order valence-corrected chi connectivity index (χ0v) is 22.1. The zero-order valence-electron chi connectivity index (χ0n) is 21.3. The van der Waals surface area contributed by atoms with Crippen LogP contribution in [0.3, 0.4) is 0 Å². The molecule has 0 bridgehead atoms. The molecule has 0 saturated carbocycles. The highest BCUT2D eigenvalue weighted by Gasteiger charge is 2.34. The summed E-state index contributed by atoms with van der Waals surface area (Å²) in [6.07, 6.45) is 0.848. The van der Waals surface area contributed by atoms with Crippen LogP contribution in [-0.2, 0) is 19.5 Å². The molecule has 6 nitrogen and oxygen atoms in total. The molecule has 1 heterocycles. The maximum Gasteiger partial charge on any atom is 0.325 e. The second kappa shape index (κ2) is 12.5. The van der Waals surface area contributed by atoms with Gasteiger partial charge in [0.25, 0.3) is 5.91 Å². The molecule has 0 spiro atoms. The van der Waals surface area contributed by atoms with Crippen LogP contribution in [-0.4, -0.2) is 35.6 Å². The summed E-state index contributed by atoms with van der Waals surface area (Å²) < 4.78 is 56.1. The highest BCUT2D eigenvalue weighted by Crippen LogP contribution is 2.38. The van der Waals surface area contributed by atoms with Gasteiger partial charge >= 0.3 is 6.03 Å². The van der Waals surface area contributed by atoms with E-state index < -0.39 is 47.3 Å². The Labute approximate surface area is 229 Å². The molecule has 0 saturated heterocycles. The van der Waals surface area contributed by atoms with Gasteiger partial charge in [0.1, 0.15) is 23.3 Å². The van der Waals surface area contributed by atoms with Gasteiger partial charge in [-0.25, -0.2) is 22.4 Å². The summed E-state index contributed by atoms with van der Waals surface area (Å²) in [7, 11) is 1.63. The molecule has 0 aliphatic carbocycles. The molecular formula is C28H28ClF4N3O3. The van der Waals surface area contributed by atoms with Crippen LogP contribution in [0.2, 0.25) is 0 Å². The third-order valence-electron chi connectivity index (χ3n) is 6.81. The average molecular weight is 566 g/mol. The van der Waals surface area contributed by atoms with E-state index in [0.717, 1.165) is 5.56 Å². The summed E-state index contributed by atoms with van der Waals surface area (Å²) in [5.74, 6) is -4.46. The molecule has 3 aromatic carbocycles. The van der Waals surface area contributed by atoms with E-state index in [1.54, 1.807) is 25.2 Å². The number of hydrogen-bond acceptors (Lipinski definition) is 3. The summed E-state index contributed by atoms with van der Waals surface area (Å²) in [5.41, 5.74) is 1.73. The van der Waals surface area contributed by atoms with Crippen LogP contribution in [0, 0.1) is 23.3 Å². The number of amides is 3. The van der Waals surface area contributed by atoms with Crippen molar-refractivity contribution < 1.29 is 32.3 Å². The van der Waals surface area contributed by atoms with Crippen LogP contribution in [0.15, 0.2) is 48.5 Å². The van der Waals surface area contributed by atoms with Gasteiger partial charge in [0.15, 0.2) is 0 Å². The Bertz CT molecular complexity index is 1370. The first-order valence-corrected chi connectivity index (χ1v) is 12.1. The molecule has 0 radical (unpaired) electrons. The van der Waals surface area contributed by atoms with E-state index in [4.69, 9.17) is 0 Å². The minimum absolute atomic E-state index is 0. The van der Waals surface area contributed by atoms with E-state index in [9.17, 15) is 32.3 Å². The number of nitrogens with one attached hydrogen (secondary N) is 1. The van der Waals surface area contributed by atoms with Crippen molar-refractivity contribution in [1.82, 2.24) is 10.2 Å². The predicted molar refractivity (Wildman–Crippen MR) is 141 cm³/mol. The topological polar surface area (TPSA) is 72.9 Å². The molecule has 1 aliphatic heterocycles. The number of benzene rings is 3. The van der Waals surface area contributed by atoms with Crippen molar-refractivity contribution in [3.8, 4) is 0 Å². The summed E-state index contributed by atoms with van der Waals surface area (Å²) in [4.78, 5) is 29.1. The third kappa shape index (κ3) is 6.17. The van der Waals surface area contributed by atoms with Crippen molar-refractivity contribution >= 4 is 30.0 Å². The predicted octanol–water partition coefficient (Wildman–Crippen LogP) is 5.65. The largest absolute Gasteiger partial charge is 0.396 e. The van der Waals surface area contributed by atoms with Gasteiger partial charge in [0.05, 0.1) is 18.3 Å². The standard InChI is InChI=1S/C28H27F4N3O3.ClH/c1-16-20-9-8-18(27(37)33-14-21-24(31)12-19(29)13-25(21)32)11-26(20)35(28(38)34(16)2)15-22-17(6-4-10-36)5-3-7-23(22)30;/h3,5,7-9,11-13,16,36H,4,6,10,14-15H2,1-2H3,(H,33,37);1H/t16-;/m0./s1. The molecule has 0 aromatic heterocycles. The number of nitrogens with zero attached hydrogens (tertiary/aromatic N) is 2. The molecule has 208 valence electrons. The van der Waals surface area contributed by atoms with E-state index in [1.807, 2.05) is 6.92 Å². The van der Waals surface area contributed by atoms with E-state index in [2.05, 4.69) is 5.32 Å². The lowest BCUT2D eigenvalue weighted by atomic mass is 9.97. The molecular weight excluding hydrogens is 538 g/mol. The Morgan fingerprint density at radius 3 is 2.36 bits per heavy atom. The third-order valence-corrected chi connectivity index (χ3v) is 6.81. The average Bonchev–Trinajstić information content (AvgIpc) is 2.88. The Balaban J connectivity index is 0.00000420. The van der Waals surface area contributed by atoms with Crippen molar-refractivity contribution in [2.24, 2.45) is 0 Å². The van der Waals surface area contributed by atoms with E-state index in [0.29, 0.717) is 41.8 Å². The SMILES string of the molecule is C[C@H]1c2ccc(C(=O)NCc3c(F)cc(F)cc3F)cc2N(Cc2c(F)cccc2CCCO)C(=O)N1C.Cl. The number of carbonyl (C=O) groups excluding carboxylic acids is 2. The Kier molecular flexibility index (Phi) is 9.58. The van der Waals surface area contributed by atoms with E-state index in [1.165, 1.54) is 28.0 Å². The molecule has 3 amide bonds. The van der Waals surface area contributed by atoms with Crippen LogP contribution < -0.4 is 10.2 Å². The van der Waals surface area contributed by atoms with Crippen LogP contribution in [0.4, 0.5) is 28.0 Å². The van der Waals surface area contributed by atoms with E-state index in [-0.39, 0.29) is 37.2 Å². The highest BCUT2D eigenvalue weighted by molar-refractivity contribution is 5.99. The highest BCUT2D eigenvalue weighted by atomic mass is 35.5. The number of urea groups is 1. The molecule has 2 N–H and O–H groups in total. The van der Waals surface area contributed by atoms with Gasteiger partial charge in [-0.1, -0.05) is 18.2 Å². The number of fused-ring (bicyclic) bond motifs is 1. The second-order valence-electron chi connectivity index (χ2n) is 9.16. The lowest BCUT2D eigenvalue weighted by Crippen LogP contribution is -2.47.